The molecule has 0 radical (unpaired) electrons. The van der Waals surface area contributed by atoms with Crippen LogP contribution in [0.2, 0.25) is 0 Å². The molecular weight excluding hydrogens is 430 g/mol. The van der Waals surface area contributed by atoms with Crippen LogP contribution in [0.5, 0.6) is 0 Å². The van der Waals surface area contributed by atoms with Gasteiger partial charge in [-0.25, -0.2) is 4.98 Å². The van der Waals surface area contributed by atoms with Gasteiger partial charge in [0, 0.05) is 41.5 Å². The number of anilines is 2. The molecule has 0 atom stereocenters. The first kappa shape index (κ1) is 22.5. The fraction of sp³-hybridized carbons (Fsp3) is 0.0769. The van der Waals surface area contributed by atoms with Crippen LogP contribution in [0, 0.1) is 0 Å². The van der Waals surface area contributed by atoms with Crippen molar-refractivity contribution in [1.82, 2.24) is 9.97 Å². The molecule has 0 spiro atoms. The van der Waals surface area contributed by atoms with Crippen LogP contribution in [0.4, 0.5) is 11.4 Å². The van der Waals surface area contributed by atoms with Crippen molar-refractivity contribution in [1.29, 1.82) is 0 Å². The van der Waals surface area contributed by atoms with E-state index < -0.39 is 5.91 Å². The summed E-state index contributed by atoms with van der Waals surface area (Å²) in [5.74, 6) is -0.929. The second-order valence-electron chi connectivity index (χ2n) is 7.72. The number of nitrogens with two attached hydrogens (primary N) is 1. The lowest BCUT2D eigenvalue weighted by Crippen LogP contribution is -2.15. The van der Waals surface area contributed by atoms with E-state index in [2.05, 4.69) is 20.6 Å². The molecule has 2 aromatic heterocycles. The molecule has 4 aromatic rings. The van der Waals surface area contributed by atoms with Crippen LogP contribution >= 0.6 is 0 Å². The lowest BCUT2D eigenvalue weighted by molar-refractivity contribution is -0.116. The van der Waals surface area contributed by atoms with Gasteiger partial charge in [0.15, 0.2) is 0 Å². The van der Waals surface area contributed by atoms with Gasteiger partial charge in [-0.2, -0.15) is 0 Å². The van der Waals surface area contributed by atoms with E-state index in [0.717, 1.165) is 5.56 Å². The molecule has 8 heteroatoms. The van der Waals surface area contributed by atoms with Gasteiger partial charge in [0.05, 0.1) is 12.1 Å². The number of carbonyl (C=O) groups excluding carboxylic acids is 3. The van der Waals surface area contributed by atoms with E-state index in [1.807, 2.05) is 30.3 Å². The van der Waals surface area contributed by atoms with Crippen LogP contribution in [0.3, 0.4) is 0 Å². The van der Waals surface area contributed by atoms with Gasteiger partial charge < -0.3 is 21.4 Å². The largest absolute Gasteiger partial charge is 0.366 e. The summed E-state index contributed by atoms with van der Waals surface area (Å²) in [5.41, 5.74) is 9.96. The van der Waals surface area contributed by atoms with Crippen LogP contribution in [0.15, 0.2) is 73.1 Å². The summed E-state index contributed by atoms with van der Waals surface area (Å²) in [6.07, 6.45) is 5.15. The minimum absolute atomic E-state index is 0.149. The summed E-state index contributed by atoms with van der Waals surface area (Å²) >= 11 is 0. The highest BCUT2D eigenvalue weighted by Crippen LogP contribution is 2.29. The number of nitrogens with one attached hydrogen (secondary N) is 3. The lowest BCUT2D eigenvalue weighted by atomic mass is 10.0. The van der Waals surface area contributed by atoms with Crippen molar-refractivity contribution in [2.75, 3.05) is 10.6 Å². The highest BCUT2D eigenvalue weighted by atomic mass is 16.2. The van der Waals surface area contributed by atoms with Gasteiger partial charge in [0.2, 0.25) is 17.7 Å². The Bertz CT molecular complexity index is 1390. The van der Waals surface area contributed by atoms with Gasteiger partial charge in [-0.1, -0.05) is 42.5 Å². The molecule has 0 saturated carbocycles. The fourth-order valence-electron chi connectivity index (χ4n) is 3.66. The van der Waals surface area contributed by atoms with E-state index in [9.17, 15) is 14.4 Å². The number of rotatable bonds is 7. The first-order valence-corrected chi connectivity index (χ1v) is 10.6. The number of carbonyl (C=O) groups is 3. The van der Waals surface area contributed by atoms with Crippen molar-refractivity contribution >= 4 is 51.8 Å². The number of nitrogens with zero attached hydrogens (tertiary/aromatic N) is 1. The molecule has 170 valence electrons. The summed E-state index contributed by atoms with van der Waals surface area (Å²) in [6, 6.07) is 17.9. The summed E-state index contributed by atoms with van der Waals surface area (Å²) in [7, 11) is 0. The SMILES string of the molecule is CC(=O)Nc1ccc(CC(=O)Nc2ccnc3[nH]cc(C=C(C(N)=O)c4ccccc4)c23)cc1. The number of primary amides is 1. The molecule has 34 heavy (non-hydrogen) atoms. The van der Waals surface area contributed by atoms with Crippen LogP contribution in [-0.4, -0.2) is 27.7 Å². The molecule has 2 heterocycles. The Balaban J connectivity index is 1.60. The van der Waals surface area contributed by atoms with E-state index in [1.54, 1.807) is 48.8 Å². The molecule has 0 fully saturated rings. The van der Waals surface area contributed by atoms with Crippen LogP contribution in [-0.2, 0) is 20.8 Å². The zero-order valence-electron chi connectivity index (χ0n) is 18.5. The van der Waals surface area contributed by atoms with Crippen LogP contribution in [0.1, 0.15) is 23.6 Å². The molecule has 0 aliphatic rings. The molecule has 0 aliphatic carbocycles. The minimum Gasteiger partial charge on any atom is -0.366 e. The zero-order valence-corrected chi connectivity index (χ0v) is 18.5. The molecule has 0 unspecified atom stereocenters. The van der Waals surface area contributed by atoms with Gasteiger partial charge in [0.25, 0.3) is 0 Å². The number of aromatic amines is 1. The molecule has 5 N–H and O–H groups in total. The third-order valence-corrected chi connectivity index (χ3v) is 5.17. The lowest BCUT2D eigenvalue weighted by Gasteiger charge is -2.09. The Morgan fingerprint density at radius 1 is 1.00 bits per heavy atom. The molecule has 2 aromatic carbocycles. The highest BCUT2D eigenvalue weighted by molar-refractivity contribution is 6.24. The smallest absolute Gasteiger partial charge is 0.249 e. The summed E-state index contributed by atoms with van der Waals surface area (Å²) < 4.78 is 0. The molecular formula is C26H23N5O3. The number of hydrogen-bond acceptors (Lipinski definition) is 4. The van der Waals surface area contributed by atoms with Crippen molar-refractivity contribution in [2.45, 2.75) is 13.3 Å². The Hall–Kier alpha value is -4.72. The predicted octanol–water partition coefficient (Wildman–Crippen LogP) is 3.73. The Labute approximate surface area is 195 Å². The molecule has 4 rings (SSSR count). The highest BCUT2D eigenvalue weighted by Gasteiger charge is 2.14. The summed E-state index contributed by atoms with van der Waals surface area (Å²) in [4.78, 5) is 43.5. The van der Waals surface area contributed by atoms with E-state index in [1.165, 1.54) is 6.92 Å². The second kappa shape index (κ2) is 9.83. The average Bonchev–Trinajstić information content (AvgIpc) is 3.23. The number of amides is 3. The Morgan fingerprint density at radius 2 is 1.74 bits per heavy atom. The van der Waals surface area contributed by atoms with Gasteiger partial charge in [-0.15, -0.1) is 0 Å². The van der Waals surface area contributed by atoms with E-state index >= 15 is 0 Å². The second-order valence-corrected chi connectivity index (χ2v) is 7.72. The number of aromatic nitrogens is 2. The number of hydrogen-bond donors (Lipinski definition) is 4. The quantitative estimate of drug-likeness (QED) is 0.318. The third-order valence-electron chi connectivity index (χ3n) is 5.17. The number of fused-ring (bicyclic) bond motifs is 1. The van der Waals surface area contributed by atoms with Gasteiger partial charge in [0.1, 0.15) is 5.65 Å². The predicted molar refractivity (Wildman–Crippen MR) is 133 cm³/mol. The molecule has 3 amide bonds. The van der Waals surface area contributed by atoms with Crippen molar-refractivity contribution < 1.29 is 14.4 Å². The zero-order chi connectivity index (χ0) is 24.1. The van der Waals surface area contributed by atoms with Crippen molar-refractivity contribution in [3.63, 3.8) is 0 Å². The minimum atomic E-state index is -0.558. The number of H-pyrrole nitrogens is 1. The van der Waals surface area contributed by atoms with Gasteiger partial charge in [-0.05, 0) is 35.4 Å². The normalized spacial score (nSPS) is 11.3. The maximum absolute atomic E-state index is 12.8. The van der Waals surface area contributed by atoms with Crippen LogP contribution < -0.4 is 16.4 Å². The summed E-state index contributed by atoms with van der Waals surface area (Å²) in [6.45, 7) is 1.44. The molecule has 8 nitrogen and oxygen atoms in total. The molecule has 0 aliphatic heterocycles. The molecule has 0 saturated heterocycles. The standard InChI is InChI=1S/C26H23N5O3/c1-16(32)30-20-9-7-17(8-10-20)13-23(33)31-22-11-12-28-26-24(22)19(15-29-26)14-21(25(27)34)18-5-3-2-4-6-18/h2-12,14-15H,13H2,1H3,(H2,27,34)(H,30,32)(H2,28,29,31,33). The maximum atomic E-state index is 12.8. The number of benzene rings is 2. The topological polar surface area (TPSA) is 130 Å². The molecule has 0 bridgehead atoms. The van der Waals surface area contributed by atoms with E-state index in [-0.39, 0.29) is 18.2 Å². The maximum Gasteiger partial charge on any atom is 0.249 e. The fourth-order valence-corrected chi connectivity index (χ4v) is 3.66. The Morgan fingerprint density at radius 3 is 2.41 bits per heavy atom. The Kier molecular flexibility index (Phi) is 6.49. The van der Waals surface area contributed by atoms with Crippen molar-refractivity contribution in [3.8, 4) is 0 Å². The first-order chi connectivity index (χ1) is 16.4. The monoisotopic (exact) mass is 453 g/mol. The van der Waals surface area contributed by atoms with Crippen molar-refractivity contribution in [2.24, 2.45) is 5.73 Å². The van der Waals surface area contributed by atoms with Gasteiger partial charge in [-0.3, -0.25) is 14.4 Å². The third kappa shape index (κ3) is 5.18. The summed E-state index contributed by atoms with van der Waals surface area (Å²) in [5, 5.41) is 6.30. The number of pyridine rings is 1. The van der Waals surface area contributed by atoms with E-state index in [0.29, 0.717) is 39.1 Å². The van der Waals surface area contributed by atoms with E-state index in [4.69, 9.17) is 5.73 Å². The van der Waals surface area contributed by atoms with Crippen LogP contribution in [0.25, 0.3) is 22.7 Å². The first-order valence-electron chi connectivity index (χ1n) is 10.6. The van der Waals surface area contributed by atoms with Gasteiger partial charge >= 0.3 is 0 Å². The van der Waals surface area contributed by atoms with Crippen molar-refractivity contribution in [3.05, 3.63) is 89.7 Å². The average molecular weight is 454 g/mol.